The number of hydrogen-bond acceptors (Lipinski definition) is 4. The maximum atomic E-state index is 13.5. The van der Waals surface area contributed by atoms with E-state index < -0.39 is 5.97 Å². The predicted octanol–water partition coefficient (Wildman–Crippen LogP) is 5.93. The van der Waals surface area contributed by atoms with Crippen molar-refractivity contribution in [3.63, 3.8) is 0 Å². The van der Waals surface area contributed by atoms with Gasteiger partial charge in [0.25, 0.3) is 5.56 Å². The molecule has 0 radical (unpaired) electrons. The van der Waals surface area contributed by atoms with Crippen LogP contribution < -0.4 is 5.56 Å². The molecule has 190 valence electrons. The highest BCUT2D eigenvalue weighted by Crippen LogP contribution is 2.33. The average Bonchev–Trinajstić information content (AvgIpc) is 3.29. The monoisotopic (exact) mass is 504 g/mol. The van der Waals surface area contributed by atoms with Crippen LogP contribution in [0.25, 0.3) is 32.8 Å². The fraction of sp³-hybridized carbons (Fsp3) is 0.219. The molecule has 0 saturated heterocycles. The third-order valence-electron chi connectivity index (χ3n) is 7.54. The van der Waals surface area contributed by atoms with Crippen molar-refractivity contribution < 1.29 is 14.3 Å². The van der Waals surface area contributed by atoms with Gasteiger partial charge < -0.3 is 9.30 Å². The van der Waals surface area contributed by atoms with E-state index in [2.05, 4.69) is 6.07 Å². The molecule has 0 atom stereocenters. The summed E-state index contributed by atoms with van der Waals surface area (Å²) in [6.45, 7) is -0.0752. The van der Waals surface area contributed by atoms with Crippen LogP contribution in [-0.2, 0) is 24.6 Å². The van der Waals surface area contributed by atoms with Crippen LogP contribution in [0.15, 0.2) is 83.7 Å². The Hall–Kier alpha value is -4.45. The summed E-state index contributed by atoms with van der Waals surface area (Å²) in [4.78, 5) is 40.0. The molecule has 0 fully saturated rings. The van der Waals surface area contributed by atoms with E-state index in [1.807, 2.05) is 71.3 Å². The van der Waals surface area contributed by atoms with Crippen molar-refractivity contribution in [2.75, 3.05) is 6.61 Å². The first-order valence-corrected chi connectivity index (χ1v) is 13.0. The molecule has 6 rings (SSSR count). The second kappa shape index (κ2) is 9.78. The van der Waals surface area contributed by atoms with Gasteiger partial charge >= 0.3 is 5.97 Å². The number of benzene rings is 3. The number of carbonyl (C=O) groups excluding carboxylic acids is 2. The quantitative estimate of drug-likeness (QED) is 0.278. The number of hydrogen-bond donors (Lipinski definition) is 0. The van der Waals surface area contributed by atoms with E-state index in [0.29, 0.717) is 16.3 Å². The van der Waals surface area contributed by atoms with Crippen LogP contribution in [0.3, 0.4) is 0 Å². The van der Waals surface area contributed by atoms with Gasteiger partial charge in [0.1, 0.15) is 12.3 Å². The van der Waals surface area contributed by atoms with Gasteiger partial charge in [0.05, 0.1) is 11.9 Å². The topological polar surface area (TPSA) is 70.3 Å². The van der Waals surface area contributed by atoms with Gasteiger partial charge in [0, 0.05) is 29.1 Å². The maximum absolute atomic E-state index is 13.5. The lowest BCUT2D eigenvalue weighted by Crippen LogP contribution is -2.26. The van der Waals surface area contributed by atoms with Crippen molar-refractivity contribution in [3.05, 3.63) is 106 Å². The van der Waals surface area contributed by atoms with E-state index in [0.717, 1.165) is 47.8 Å². The summed E-state index contributed by atoms with van der Waals surface area (Å²) in [5.74, 6) is -0.714. The van der Waals surface area contributed by atoms with Crippen LogP contribution in [0, 0.1) is 0 Å². The van der Waals surface area contributed by atoms with Gasteiger partial charge in [0.2, 0.25) is 5.91 Å². The van der Waals surface area contributed by atoms with Gasteiger partial charge in [-0.05, 0) is 54.3 Å². The third-order valence-corrected chi connectivity index (χ3v) is 7.54. The third kappa shape index (κ3) is 3.93. The number of rotatable bonds is 5. The molecule has 6 heteroatoms. The number of para-hydroxylation sites is 1. The van der Waals surface area contributed by atoms with Crippen LogP contribution in [-0.4, -0.2) is 27.6 Å². The van der Waals surface area contributed by atoms with Crippen molar-refractivity contribution in [1.82, 2.24) is 9.13 Å². The molecular weight excluding hydrogens is 476 g/mol. The number of esters is 1. The van der Waals surface area contributed by atoms with Gasteiger partial charge in [-0.25, -0.2) is 4.79 Å². The molecule has 1 aliphatic rings. The summed E-state index contributed by atoms with van der Waals surface area (Å²) in [5.41, 5.74) is 4.62. The van der Waals surface area contributed by atoms with E-state index >= 15 is 0 Å². The summed E-state index contributed by atoms with van der Waals surface area (Å²) in [5, 5.41) is 2.35. The zero-order valence-corrected chi connectivity index (χ0v) is 21.3. The van der Waals surface area contributed by atoms with E-state index in [1.54, 1.807) is 13.1 Å². The molecule has 2 aromatic heterocycles. The molecule has 2 heterocycles. The van der Waals surface area contributed by atoms with Crippen LogP contribution in [0.1, 0.15) is 45.8 Å². The Morgan fingerprint density at radius 1 is 0.816 bits per heavy atom. The molecule has 3 aromatic carbocycles. The minimum absolute atomic E-state index is 0.0546. The number of carbonyl (C=O) groups is 2. The van der Waals surface area contributed by atoms with Crippen molar-refractivity contribution in [3.8, 4) is 11.1 Å². The summed E-state index contributed by atoms with van der Waals surface area (Å²) < 4.78 is 8.84. The lowest BCUT2D eigenvalue weighted by molar-refractivity contribution is 0.0479. The standard InChI is InChI=1S/C32H28N2O4/c1-33-30(29(21-11-3-2-4-12-21)24-15-5-6-16-25(24)31(33)36)32(37)38-20-19-28(35)34-26-17-9-7-13-22(26)23-14-8-10-18-27(23)34/h2-7,9,11-13,15-17H,8,10,14,18-20H2,1H3. The summed E-state index contributed by atoms with van der Waals surface area (Å²) >= 11 is 0. The Balaban J connectivity index is 1.31. The maximum Gasteiger partial charge on any atom is 0.355 e. The molecule has 0 aliphatic heterocycles. The fourth-order valence-corrected chi connectivity index (χ4v) is 5.79. The SMILES string of the molecule is Cn1c(C(=O)OCCC(=O)n2c3c(c4ccccc42)CCCC3)c(-c2ccccc2)c2ccccc2c1=O. The van der Waals surface area contributed by atoms with Crippen LogP contribution >= 0.6 is 0 Å². The second-order valence-electron chi connectivity index (χ2n) is 9.76. The zero-order valence-electron chi connectivity index (χ0n) is 21.3. The predicted molar refractivity (Wildman–Crippen MR) is 149 cm³/mol. The summed E-state index contributed by atoms with van der Waals surface area (Å²) in [7, 11) is 1.58. The molecule has 5 aromatic rings. The Kier molecular flexibility index (Phi) is 6.16. The first-order chi connectivity index (χ1) is 18.6. The van der Waals surface area contributed by atoms with Gasteiger partial charge in [-0.2, -0.15) is 0 Å². The van der Waals surface area contributed by atoms with E-state index in [9.17, 15) is 14.4 Å². The lowest BCUT2D eigenvalue weighted by Gasteiger charge is -2.17. The largest absolute Gasteiger partial charge is 0.460 e. The number of aryl methyl sites for hydroxylation is 1. The van der Waals surface area contributed by atoms with Crippen LogP contribution in [0.4, 0.5) is 0 Å². The van der Waals surface area contributed by atoms with Gasteiger partial charge in [-0.15, -0.1) is 0 Å². The number of aromatic nitrogens is 2. The lowest BCUT2D eigenvalue weighted by atomic mass is 9.95. The average molecular weight is 505 g/mol. The van der Waals surface area contributed by atoms with E-state index in [1.165, 1.54) is 10.1 Å². The fourth-order valence-electron chi connectivity index (χ4n) is 5.79. The van der Waals surface area contributed by atoms with Gasteiger partial charge in [0.15, 0.2) is 0 Å². The minimum Gasteiger partial charge on any atom is -0.460 e. The molecule has 6 nitrogen and oxygen atoms in total. The van der Waals surface area contributed by atoms with Crippen LogP contribution in [0.2, 0.25) is 0 Å². The molecule has 38 heavy (non-hydrogen) atoms. The first-order valence-electron chi connectivity index (χ1n) is 13.0. The normalized spacial score (nSPS) is 13.0. The van der Waals surface area contributed by atoms with E-state index in [4.69, 9.17) is 4.74 Å². The highest BCUT2D eigenvalue weighted by Gasteiger charge is 2.25. The van der Waals surface area contributed by atoms with Crippen molar-refractivity contribution in [1.29, 1.82) is 0 Å². The van der Waals surface area contributed by atoms with Gasteiger partial charge in [-0.3, -0.25) is 14.2 Å². The number of nitrogens with zero attached hydrogens (tertiary/aromatic N) is 2. The Morgan fingerprint density at radius 3 is 2.26 bits per heavy atom. The number of fused-ring (bicyclic) bond motifs is 4. The molecule has 0 bridgehead atoms. The Morgan fingerprint density at radius 2 is 1.47 bits per heavy atom. The Bertz CT molecular complexity index is 1760. The summed E-state index contributed by atoms with van der Waals surface area (Å²) in [6, 6.07) is 24.8. The Labute approximate surface area is 220 Å². The highest BCUT2D eigenvalue weighted by atomic mass is 16.5. The number of ether oxygens (including phenoxy) is 1. The van der Waals surface area contributed by atoms with Crippen molar-refractivity contribution in [2.24, 2.45) is 7.05 Å². The second-order valence-corrected chi connectivity index (χ2v) is 9.76. The van der Waals surface area contributed by atoms with Crippen molar-refractivity contribution >= 4 is 33.6 Å². The first kappa shape index (κ1) is 23.9. The molecule has 0 saturated carbocycles. The molecule has 0 N–H and O–H groups in total. The van der Waals surface area contributed by atoms with E-state index in [-0.39, 0.29) is 30.2 Å². The molecule has 0 amide bonds. The highest BCUT2D eigenvalue weighted by molar-refractivity contribution is 6.06. The van der Waals surface area contributed by atoms with Gasteiger partial charge in [-0.1, -0.05) is 66.7 Å². The molecular formula is C32H28N2O4. The molecule has 1 aliphatic carbocycles. The van der Waals surface area contributed by atoms with Crippen LogP contribution in [0.5, 0.6) is 0 Å². The zero-order chi connectivity index (χ0) is 26.2. The van der Waals surface area contributed by atoms with Crippen molar-refractivity contribution in [2.45, 2.75) is 32.1 Å². The minimum atomic E-state index is -0.624. The number of pyridine rings is 1. The smallest absolute Gasteiger partial charge is 0.355 e. The summed E-state index contributed by atoms with van der Waals surface area (Å²) in [6.07, 6.45) is 4.09. The molecule has 0 unspecified atom stereocenters. The molecule has 0 spiro atoms.